The van der Waals surface area contributed by atoms with Crippen LogP contribution < -0.4 is 5.32 Å². The van der Waals surface area contributed by atoms with Gasteiger partial charge in [0, 0.05) is 46.7 Å². The number of benzene rings is 3. The third-order valence-corrected chi connectivity index (χ3v) is 9.48. The molecule has 1 saturated heterocycles. The fourth-order valence-electron chi connectivity index (χ4n) is 7.19. The van der Waals surface area contributed by atoms with E-state index in [0.717, 1.165) is 58.6 Å². The Hall–Kier alpha value is -4.45. The lowest BCUT2D eigenvalue weighted by Gasteiger charge is -2.47. The van der Waals surface area contributed by atoms with Crippen molar-refractivity contribution in [2.45, 2.75) is 69.0 Å². The summed E-state index contributed by atoms with van der Waals surface area (Å²) in [7, 11) is 0. The summed E-state index contributed by atoms with van der Waals surface area (Å²) in [4.78, 5) is 47.4. The van der Waals surface area contributed by atoms with Crippen LogP contribution >= 0.6 is 0 Å². The fourth-order valence-corrected chi connectivity index (χ4v) is 7.19. The second-order valence-corrected chi connectivity index (χ2v) is 12.4. The van der Waals surface area contributed by atoms with Gasteiger partial charge >= 0.3 is 12.4 Å². The van der Waals surface area contributed by atoms with Crippen molar-refractivity contribution in [1.82, 2.24) is 15.2 Å². The van der Waals surface area contributed by atoms with Gasteiger partial charge in [-0.05, 0) is 43.0 Å². The minimum absolute atomic E-state index is 0.0725. The first-order valence-corrected chi connectivity index (χ1v) is 15.9. The number of aromatic amines is 1. The molecule has 2 heterocycles. The predicted molar refractivity (Wildman–Crippen MR) is 166 cm³/mol. The summed E-state index contributed by atoms with van der Waals surface area (Å²) < 4.78 is 85.1. The minimum Gasteiger partial charge on any atom is -0.361 e. The molecule has 0 radical (unpaired) electrons. The predicted octanol–water partition coefficient (Wildman–Crippen LogP) is 7.63. The maximum atomic E-state index is 14.6. The molecule has 6 rings (SSSR count). The third kappa shape index (κ3) is 6.50. The molecule has 1 aromatic heterocycles. The van der Waals surface area contributed by atoms with Crippen LogP contribution in [-0.2, 0) is 23.6 Å². The number of carbonyl (C=O) groups excluding carboxylic acids is 3. The van der Waals surface area contributed by atoms with E-state index in [0.29, 0.717) is 31.2 Å². The first-order chi connectivity index (χ1) is 22.9. The molecule has 3 atom stereocenters. The highest BCUT2D eigenvalue weighted by Crippen LogP contribution is 2.38. The number of piperazine rings is 1. The number of aromatic nitrogens is 1. The number of carbonyl (C=O) groups is 3. The number of alkyl halides is 6. The summed E-state index contributed by atoms with van der Waals surface area (Å²) in [5, 5.41) is 3.91. The van der Waals surface area contributed by atoms with Gasteiger partial charge < -0.3 is 15.2 Å². The average Bonchev–Trinajstić information content (AvgIpc) is 3.49. The summed E-state index contributed by atoms with van der Waals surface area (Å²) in [6.07, 6.45) is -4.95. The molecule has 1 aliphatic heterocycles. The van der Waals surface area contributed by atoms with Crippen LogP contribution in [0.4, 0.5) is 26.3 Å². The first-order valence-electron chi connectivity index (χ1n) is 15.9. The molecule has 12 heteroatoms. The molecule has 1 saturated carbocycles. The van der Waals surface area contributed by atoms with Crippen molar-refractivity contribution in [3.63, 3.8) is 0 Å². The molecule has 1 aliphatic carbocycles. The van der Waals surface area contributed by atoms with Gasteiger partial charge in [0.15, 0.2) is 11.6 Å². The van der Waals surface area contributed by atoms with Crippen molar-refractivity contribution >= 4 is 28.4 Å². The molecular weight excluding hydrogens is 636 g/mol. The zero-order chi connectivity index (χ0) is 34.2. The number of fused-ring (bicyclic) bond motifs is 1. The number of ketones is 2. The lowest BCUT2D eigenvalue weighted by molar-refractivity contribution is -0.142. The number of rotatable bonds is 7. The number of hydrogen-bond acceptors (Lipinski definition) is 4. The Morgan fingerprint density at radius 2 is 1.29 bits per heavy atom. The summed E-state index contributed by atoms with van der Waals surface area (Å²) in [6, 6.07) is 11.5. The molecule has 6 nitrogen and oxygen atoms in total. The quantitative estimate of drug-likeness (QED) is 0.157. The molecular formula is C36H33F6N3O3. The van der Waals surface area contributed by atoms with Crippen molar-refractivity contribution in [3.05, 3.63) is 107 Å². The van der Waals surface area contributed by atoms with Crippen LogP contribution in [0, 0.1) is 5.92 Å². The number of nitrogens with one attached hydrogen (secondary N) is 2. The van der Waals surface area contributed by atoms with Crippen molar-refractivity contribution in [1.29, 1.82) is 0 Å². The highest BCUT2D eigenvalue weighted by atomic mass is 19.4. The van der Waals surface area contributed by atoms with E-state index >= 15 is 0 Å². The summed E-state index contributed by atoms with van der Waals surface area (Å²) >= 11 is 0. The molecule has 2 N–H and O–H groups in total. The van der Waals surface area contributed by atoms with E-state index in [2.05, 4.69) is 10.3 Å². The van der Waals surface area contributed by atoms with Crippen molar-refractivity contribution < 1.29 is 40.7 Å². The van der Waals surface area contributed by atoms with Gasteiger partial charge in [-0.25, -0.2) is 0 Å². The molecule has 0 spiro atoms. The Labute approximate surface area is 272 Å². The molecule has 2 aliphatic rings. The number of para-hydroxylation sites is 1. The molecule has 3 unspecified atom stereocenters. The Morgan fingerprint density at radius 1 is 0.729 bits per heavy atom. The minimum atomic E-state index is -4.92. The average molecular weight is 670 g/mol. The van der Waals surface area contributed by atoms with Crippen LogP contribution in [0.5, 0.6) is 0 Å². The van der Waals surface area contributed by atoms with Crippen LogP contribution in [0.15, 0.2) is 79.0 Å². The van der Waals surface area contributed by atoms with Gasteiger partial charge in [-0.15, -0.1) is 0 Å². The number of H-pyrrole nitrogens is 1. The van der Waals surface area contributed by atoms with Gasteiger partial charge in [-0.2, -0.15) is 26.3 Å². The molecule has 48 heavy (non-hydrogen) atoms. The Morgan fingerprint density at radius 3 is 1.92 bits per heavy atom. The fraction of sp³-hybridized carbons (Fsp3) is 0.361. The Bertz CT molecular complexity index is 1830. The normalized spacial score (nSPS) is 21.0. The van der Waals surface area contributed by atoms with Gasteiger partial charge in [0.05, 0.1) is 11.1 Å². The summed E-state index contributed by atoms with van der Waals surface area (Å²) in [5.41, 5.74) is -2.29. The maximum absolute atomic E-state index is 14.6. The first kappa shape index (κ1) is 33.5. The largest absolute Gasteiger partial charge is 0.417 e. The van der Waals surface area contributed by atoms with Crippen molar-refractivity contribution in [2.75, 3.05) is 6.54 Å². The molecule has 3 aromatic carbocycles. The second kappa shape index (κ2) is 13.2. The van der Waals surface area contributed by atoms with Crippen LogP contribution in [0.3, 0.4) is 0 Å². The van der Waals surface area contributed by atoms with E-state index in [1.165, 1.54) is 12.1 Å². The number of halogens is 6. The van der Waals surface area contributed by atoms with E-state index in [4.69, 9.17) is 0 Å². The van der Waals surface area contributed by atoms with Gasteiger partial charge in [0.25, 0.3) is 0 Å². The maximum Gasteiger partial charge on any atom is 0.417 e. The monoisotopic (exact) mass is 669 g/mol. The van der Waals surface area contributed by atoms with Gasteiger partial charge in [0.2, 0.25) is 5.91 Å². The van der Waals surface area contributed by atoms with Crippen molar-refractivity contribution in [3.8, 4) is 0 Å². The van der Waals surface area contributed by atoms with Gasteiger partial charge in [-0.1, -0.05) is 73.9 Å². The standard InChI is InChI=1S/C36H33F6N3O3/c37-35(38,39)26-15-7-4-13-24(26)32(46)30-20-44-29(18-22-19-43-28-17-9-6-12-23(22)28)31(45(30)34(48)21-10-2-1-3-11-21)33(47)25-14-5-8-16-27(25)36(40,41)42/h4-9,12-17,19,21,29-31,43-44H,1-3,10-11,18,20H2. The van der Waals surface area contributed by atoms with E-state index in [-0.39, 0.29) is 13.0 Å². The van der Waals surface area contributed by atoms with E-state index in [1.54, 1.807) is 6.20 Å². The lowest BCUT2D eigenvalue weighted by atomic mass is 9.82. The highest BCUT2D eigenvalue weighted by Gasteiger charge is 2.50. The molecule has 4 aromatic rings. The van der Waals surface area contributed by atoms with E-state index < -0.39 is 76.1 Å². The Kier molecular flexibility index (Phi) is 9.21. The Balaban J connectivity index is 1.51. The van der Waals surface area contributed by atoms with E-state index in [9.17, 15) is 40.7 Å². The summed E-state index contributed by atoms with van der Waals surface area (Å²) in [6.45, 7) is -0.304. The zero-order valence-corrected chi connectivity index (χ0v) is 25.7. The van der Waals surface area contributed by atoms with Crippen LogP contribution in [0.1, 0.15) is 69.5 Å². The molecule has 252 valence electrons. The van der Waals surface area contributed by atoms with Crippen LogP contribution in [0.25, 0.3) is 10.9 Å². The second-order valence-electron chi connectivity index (χ2n) is 12.4. The smallest absolute Gasteiger partial charge is 0.361 e. The highest BCUT2D eigenvalue weighted by molar-refractivity contribution is 6.08. The molecule has 1 amide bonds. The van der Waals surface area contributed by atoms with Gasteiger partial charge in [0.1, 0.15) is 12.1 Å². The number of amides is 1. The van der Waals surface area contributed by atoms with Crippen LogP contribution in [0.2, 0.25) is 0 Å². The zero-order valence-electron chi connectivity index (χ0n) is 25.7. The number of nitrogens with zero attached hydrogens (tertiary/aromatic N) is 1. The number of hydrogen-bond donors (Lipinski definition) is 2. The van der Waals surface area contributed by atoms with Gasteiger partial charge in [-0.3, -0.25) is 14.4 Å². The lowest BCUT2D eigenvalue weighted by Crippen LogP contribution is -2.70. The molecule has 2 fully saturated rings. The van der Waals surface area contributed by atoms with Crippen molar-refractivity contribution in [2.24, 2.45) is 5.92 Å². The van der Waals surface area contributed by atoms with Crippen LogP contribution in [-0.4, -0.2) is 52.0 Å². The number of Topliss-reactive ketones (excluding diaryl/α,β-unsaturated/α-hetero) is 2. The third-order valence-electron chi connectivity index (χ3n) is 9.48. The summed E-state index contributed by atoms with van der Waals surface area (Å²) in [5.74, 6) is -3.37. The van der Waals surface area contributed by atoms with E-state index in [1.807, 2.05) is 24.3 Å². The SMILES string of the molecule is O=C(c1ccccc1C(F)(F)F)C1CNC(Cc2c[nH]c3ccccc23)C(C(=O)c2ccccc2C(F)(F)F)N1C(=O)C1CCCCC1. The topological polar surface area (TPSA) is 82.3 Å². The molecule has 0 bridgehead atoms.